The first-order valence-corrected chi connectivity index (χ1v) is 6.35. The summed E-state index contributed by atoms with van der Waals surface area (Å²) in [6.45, 7) is 0. The summed E-state index contributed by atoms with van der Waals surface area (Å²) < 4.78 is 25.2. The van der Waals surface area contributed by atoms with Crippen LogP contribution in [-0.2, 0) is 29.5 Å². The van der Waals surface area contributed by atoms with Gasteiger partial charge >= 0.3 is 0 Å². The molecule has 2 aromatic rings. The van der Waals surface area contributed by atoms with Crippen LogP contribution in [-0.4, -0.2) is 20.6 Å². The molecule has 18 heavy (non-hydrogen) atoms. The van der Waals surface area contributed by atoms with E-state index < -0.39 is 10.0 Å². The van der Waals surface area contributed by atoms with Crippen LogP contribution < -0.4 is 15.1 Å². The first-order chi connectivity index (χ1) is 8.12. The van der Waals surface area contributed by atoms with Crippen LogP contribution in [0.2, 0.25) is 0 Å². The second-order valence-electron chi connectivity index (χ2n) is 3.27. The van der Waals surface area contributed by atoms with Crippen molar-refractivity contribution < 1.29 is 27.9 Å². The van der Waals surface area contributed by atoms with Gasteiger partial charge in [-0.1, -0.05) is 12.1 Å². The number of anilines is 2. The molecular weight excluding hydrogens is 343 g/mol. The predicted octanol–water partition coefficient (Wildman–Crippen LogP) is 0.688. The van der Waals surface area contributed by atoms with Crippen molar-refractivity contribution in [3.8, 4) is 0 Å². The molecule has 2 rings (SSSR count). The Morgan fingerprint density at radius 3 is 2.33 bits per heavy atom. The minimum atomic E-state index is -3.38. The molecule has 0 aliphatic carbocycles. The number of sulfonamides is 1. The number of nitrogens with zero attached hydrogens (tertiary/aromatic N) is 2. The topological polar surface area (TPSA) is 85.2 Å². The molecule has 8 heteroatoms. The van der Waals surface area contributed by atoms with Crippen molar-refractivity contribution in [2.75, 3.05) is 12.4 Å². The van der Waals surface area contributed by atoms with E-state index in [-0.39, 0.29) is 24.4 Å². The Kier molecular flexibility index (Phi) is 5.01. The van der Waals surface area contributed by atoms with E-state index in [4.69, 9.17) is 0 Å². The van der Waals surface area contributed by atoms with Crippen molar-refractivity contribution in [3.05, 3.63) is 36.5 Å². The Morgan fingerprint density at radius 2 is 1.83 bits per heavy atom. The first-order valence-electron chi connectivity index (χ1n) is 4.87. The number of benzene rings is 1. The quantitative estimate of drug-likeness (QED) is 0.790. The molecule has 1 aromatic heterocycles. The fraction of sp³-hybridized carbons (Fsp3) is 0.100. The zero-order chi connectivity index (χ0) is 12.3. The molecule has 0 atom stereocenters. The molecule has 0 saturated carbocycles. The van der Waals surface area contributed by atoms with Crippen LogP contribution in [0.1, 0.15) is 0 Å². The van der Waals surface area contributed by atoms with Crippen molar-refractivity contribution in [3.63, 3.8) is 0 Å². The van der Waals surface area contributed by atoms with E-state index in [1.165, 1.54) is 19.2 Å². The van der Waals surface area contributed by atoms with Gasteiger partial charge in [0.25, 0.3) is 0 Å². The number of hydrogen-bond donors (Lipinski definition) is 2. The van der Waals surface area contributed by atoms with E-state index in [1.54, 1.807) is 24.4 Å². The van der Waals surface area contributed by atoms with Crippen molar-refractivity contribution >= 4 is 21.5 Å². The maximum Gasteiger partial charge on any atom is 0.240 e. The summed E-state index contributed by atoms with van der Waals surface area (Å²) in [6, 6.07) is 8.09. The van der Waals surface area contributed by atoms with Gasteiger partial charge in [0.05, 0.1) is 4.90 Å². The van der Waals surface area contributed by atoms with Crippen LogP contribution >= 0.6 is 0 Å². The standard InChI is InChI=1S/C10H11N4O2S.Rh/c1-11-17(15,16)9-4-2-8(3-5-9)13-10-6-7-12-14-10;/h2-7,11H,1H3,(H-,12,13,14);/q-1;. The summed E-state index contributed by atoms with van der Waals surface area (Å²) in [7, 11) is -2.01. The molecule has 1 heterocycles. The molecule has 1 radical (unpaired) electrons. The van der Waals surface area contributed by atoms with Gasteiger partial charge in [-0.05, 0) is 36.8 Å². The monoisotopic (exact) mass is 354 g/mol. The predicted molar refractivity (Wildman–Crippen MR) is 63.5 cm³/mol. The van der Waals surface area contributed by atoms with E-state index in [0.717, 1.165) is 5.69 Å². The summed E-state index contributed by atoms with van der Waals surface area (Å²) in [5.41, 5.74) is 0.751. The Morgan fingerprint density at radius 1 is 1.17 bits per heavy atom. The second-order valence-corrected chi connectivity index (χ2v) is 5.16. The van der Waals surface area contributed by atoms with Gasteiger partial charge in [-0.2, -0.15) is 0 Å². The van der Waals surface area contributed by atoms with Crippen LogP contribution in [0.5, 0.6) is 0 Å². The van der Waals surface area contributed by atoms with E-state index in [2.05, 4.69) is 20.2 Å². The Bertz CT molecular complexity index is 581. The molecule has 0 aliphatic heterocycles. The molecule has 0 spiro atoms. The smallest absolute Gasteiger partial charge is 0.240 e. The van der Waals surface area contributed by atoms with E-state index in [0.29, 0.717) is 5.82 Å². The largest absolute Gasteiger partial charge is 0.456 e. The normalized spacial score (nSPS) is 10.7. The van der Waals surface area contributed by atoms with Gasteiger partial charge in [0.15, 0.2) is 0 Å². The average Bonchev–Trinajstić information content (AvgIpc) is 2.83. The Labute approximate surface area is 118 Å². The molecule has 0 aliphatic rings. The Hall–Kier alpha value is -1.24. The zero-order valence-corrected chi connectivity index (χ0v) is 11.9. The number of nitrogens with one attached hydrogen (secondary N) is 2. The number of hydrogen-bond acceptors (Lipinski definition) is 4. The maximum atomic E-state index is 11.5. The third-order valence-electron chi connectivity index (χ3n) is 2.17. The van der Waals surface area contributed by atoms with Crippen molar-refractivity contribution in [1.82, 2.24) is 14.9 Å². The molecule has 1 aromatic carbocycles. The van der Waals surface area contributed by atoms with Crippen molar-refractivity contribution in [2.45, 2.75) is 4.90 Å². The van der Waals surface area contributed by atoms with Crippen LogP contribution in [0.4, 0.5) is 11.5 Å². The summed E-state index contributed by atoms with van der Waals surface area (Å²) in [5, 5.41) is 10.5. The van der Waals surface area contributed by atoms with Gasteiger partial charge < -0.3 is 10.4 Å². The molecule has 0 saturated heterocycles. The van der Waals surface area contributed by atoms with Gasteiger partial charge in [0.2, 0.25) is 10.0 Å². The fourth-order valence-corrected chi connectivity index (χ4v) is 2.01. The summed E-state index contributed by atoms with van der Waals surface area (Å²) in [5.74, 6) is 0.620. The minimum absolute atomic E-state index is 0. The van der Waals surface area contributed by atoms with Crippen LogP contribution in [0.15, 0.2) is 41.4 Å². The van der Waals surface area contributed by atoms with Crippen LogP contribution in [0.3, 0.4) is 0 Å². The van der Waals surface area contributed by atoms with Gasteiger partial charge in [-0.15, -0.1) is 0 Å². The van der Waals surface area contributed by atoms with Gasteiger partial charge in [-0.25, -0.2) is 13.1 Å². The van der Waals surface area contributed by atoms with Crippen LogP contribution in [0.25, 0.3) is 0 Å². The molecular formula is C10H11N4O2RhS-. The summed E-state index contributed by atoms with van der Waals surface area (Å²) in [4.78, 5) is 0.221. The van der Waals surface area contributed by atoms with Gasteiger partial charge in [0.1, 0.15) is 0 Å². The number of aromatic nitrogens is 2. The molecule has 0 amide bonds. The zero-order valence-electron chi connectivity index (χ0n) is 9.42. The minimum Gasteiger partial charge on any atom is -0.456 e. The average molecular weight is 354 g/mol. The van der Waals surface area contributed by atoms with Gasteiger partial charge in [0, 0.05) is 25.7 Å². The third kappa shape index (κ3) is 3.38. The molecule has 0 bridgehead atoms. The third-order valence-corrected chi connectivity index (χ3v) is 3.60. The molecule has 99 valence electrons. The van der Waals surface area contributed by atoms with Gasteiger partial charge in [-0.3, -0.25) is 5.10 Å². The summed E-state index contributed by atoms with van der Waals surface area (Å²) >= 11 is 0. The van der Waals surface area contributed by atoms with E-state index >= 15 is 0 Å². The molecule has 2 N–H and O–H groups in total. The molecule has 0 unspecified atom stereocenters. The first kappa shape index (κ1) is 14.8. The SMILES string of the molecule is CNS(=O)(=O)c1ccc(Nc2ccn[n-]2)cc1.[Rh]. The maximum absolute atomic E-state index is 11.5. The van der Waals surface area contributed by atoms with Crippen LogP contribution in [0, 0.1) is 0 Å². The van der Waals surface area contributed by atoms with Crippen molar-refractivity contribution in [1.29, 1.82) is 0 Å². The molecule has 6 nitrogen and oxygen atoms in total. The van der Waals surface area contributed by atoms with Crippen molar-refractivity contribution in [2.24, 2.45) is 0 Å². The number of rotatable bonds is 4. The van der Waals surface area contributed by atoms with E-state index in [1.807, 2.05) is 0 Å². The van der Waals surface area contributed by atoms with E-state index in [9.17, 15) is 8.42 Å². The molecule has 0 fully saturated rings. The Balaban J connectivity index is 0.00000162. The fourth-order valence-electron chi connectivity index (χ4n) is 1.28. The summed E-state index contributed by atoms with van der Waals surface area (Å²) in [6.07, 6.45) is 1.57. The second kappa shape index (κ2) is 6.08.